The van der Waals surface area contributed by atoms with E-state index in [-0.39, 0.29) is 31.4 Å². The summed E-state index contributed by atoms with van der Waals surface area (Å²) in [6, 6.07) is 0.693. The molecule has 0 spiro atoms. The summed E-state index contributed by atoms with van der Waals surface area (Å²) in [4.78, 5) is 11.2. The van der Waals surface area contributed by atoms with Crippen LogP contribution in [0, 0.1) is 0 Å². The lowest BCUT2D eigenvalue weighted by Gasteiger charge is -2.20. The van der Waals surface area contributed by atoms with E-state index in [0.717, 1.165) is 0 Å². The lowest BCUT2D eigenvalue weighted by molar-refractivity contribution is 0.151. The highest BCUT2D eigenvalue weighted by molar-refractivity contribution is 5.85. The highest BCUT2D eigenvalue weighted by Crippen LogP contribution is 2.16. The minimum absolute atomic E-state index is 0. The Hall–Kier alpha value is -1.04. The number of nitrogens with zero attached hydrogens (tertiary/aromatic N) is 1. The van der Waals surface area contributed by atoms with Crippen molar-refractivity contribution in [2.75, 3.05) is 13.2 Å². The van der Waals surface area contributed by atoms with Crippen LogP contribution in [0.5, 0.6) is 5.75 Å². The highest BCUT2D eigenvalue weighted by atomic mass is 35.5. The first-order valence-corrected chi connectivity index (χ1v) is 4.80. The Balaban J connectivity index is 0.00000225. The molecule has 0 aliphatic carbocycles. The Morgan fingerprint density at radius 3 is 2.38 bits per heavy atom. The number of halogens is 1. The average molecular weight is 250 g/mol. The zero-order chi connectivity index (χ0) is 11.4. The van der Waals surface area contributed by atoms with E-state index in [4.69, 9.17) is 10.2 Å². The van der Waals surface area contributed by atoms with Crippen molar-refractivity contribution in [3.05, 3.63) is 28.2 Å². The summed E-state index contributed by atoms with van der Waals surface area (Å²) in [5, 5.41) is 27.6. The summed E-state index contributed by atoms with van der Waals surface area (Å²) in [6.07, 6.45) is 1.93. The summed E-state index contributed by atoms with van der Waals surface area (Å²) in [5.74, 6) is -0.313. The van der Waals surface area contributed by atoms with Gasteiger partial charge in [-0.2, -0.15) is 0 Å². The standard InChI is InChI=1S/C10H15NO4.ClH/c1-2-8-10(15)9(14)3-4-11(8)7(5-12)6-13;/h3-4,7,12-13,15H,2,5-6H2,1H3;1H. The first kappa shape index (κ1) is 15.0. The van der Waals surface area contributed by atoms with E-state index in [1.54, 1.807) is 6.92 Å². The first-order valence-electron chi connectivity index (χ1n) is 4.80. The number of pyridine rings is 1. The van der Waals surface area contributed by atoms with Gasteiger partial charge in [0.2, 0.25) is 5.43 Å². The number of aromatic nitrogens is 1. The number of aliphatic hydroxyl groups excluding tert-OH is 2. The molecule has 1 rings (SSSR count). The molecule has 0 saturated carbocycles. The minimum atomic E-state index is -0.522. The van der Waals surface area contributed by atoms with Crippen LogP contribution in [0.3, 0.4) is 0 Å². The first-order chi connectivity index (χ1) is 7.15. The van der Waals surface area contributed by atoms with E-state index in [0.29, 0.717) is 12.1 Å². The molecular weight excluding hydrogens is 234 g/mol. The van der Waals surface area contributed by atoms with Crippen molar-refractivity contribution in [2.24, 2.45) is 0 Å². The van der Waals surface area contributed by atoms with E-state index in [1.807, 2.05) is 0 Å². The van der Waals surface area contributed by atoms with Gasteiger partial charge in [0.15, 0.2) is 5.75 Å². The van der Waals surface area contributed by atoms with Gasteiger partial charge in [0.25, 0.3) is 0 Å². The molecule has 0 bridgehead atoms. The van der Waals surface area contributed by atoms with Gasteiger partial charge in [0.05, 0.1) is 24.9 Å². The van der Waals surface area contributed by atoms with Crippen LogP contribution in [0.4, 0.5) is 0 Å². The van der Waals surface area contributed by atoms with Crippen LogP contribution in [-0.2, 0) is 6.42 Å². The molecule has 92 valence electrons. The van der Waals surface area contributed by atoms with Crippen LogP contribution in [0.25, 0.3) is 0 Å². The van der Waals surface area contributed by atoms with E-state index >= 15 is 0 Å². The van der Waals surface area contributed by atoms with Crippen molar-refractivity contribution >= 4 is 12.4 Å². The van der Waals surface area contributed by atoms with Gasteiger partial charge in [-0.3, -0.25) is 4.79 Å². The van der Waals surface area contributed by atoms with Crippen molar-refractivity contribution in [1.82, 2.24) is 4.57 Å². The van der Waals surface area contributed by atoms with Crippen LogP contribution < -0.4 is 5.43 Å². The van der Waals surface area contributed by atoms with Crippen LogP contribution >= 0.6 is 12.4 Å². The molecule has 1 aromatic rings. The van der Waals surface area contributed by atoms with Crippen molar-refractivity contribution < 1.29 is 15.3 Å². The largest absolute Gasteiger partial charge is 0.503 e. The van der Waals surface area contributed by atoms with Gasteiger partial charge in [-0.15, -0.1) is 12.4 Å². The van der Waals surface area contributed by atoms with Crippen LogP contribution in [0.1, 0.15) is 18.7 Å². The van der Waals surface area contributed by atoms with Gasteiger partial charge in [0.1, 0.15) is 0 Å². The van der Waals surface area contributed by atoms with Gasteiger partial charge in [-0.25, -0.2) is 0 Å². The van der Waals surface area contributed by atoms with Crippen molar-refractivity contribution in [1.29, 1.82) is 0 Å². The number of aromatic hydroxyl groups is 1. The maximum atomic E-state index is 11.2. The molecule has 0 atom stereocenters. The molecule has 1 aromatic heterocycles. The third kappa shape index (κ3) is 2.75. The maximum Gasteiger partial charge on any atom is 0.223 e. The zero-order valence-electron chi connectivity index (χ0n) is 8.96. The molecule has 5 nitrogen and oxygen atoms in total. The summed E-state index contributed by atoms with van der Waals surface area (Å²) in [7, 11) is 0. The predicted molar refractivity (Wildman–Crippen MR) is 62.2 cm³/mol. The molecule has 6 heteroatoms. The van der Waals surface area contributed by atoms with Gasteiger partial charge in [-0.1, -0.05) is 6.92 Å². The molecule has 0 unspecified atom stereocenters. The molecule has 0 radical (unpaired) electrons. The fourth-order valence-corrected chi connectivity index (χ4v) is 1.51. The maximum absolute atomic E-state index is 11.2. The third-order valence-electron chi connectivity index (χ3n) is 2.35. The molecule has 0 amide bonds. The molecule has 0 saturated heterocycles. The van der Waals surface area contributed by atoms with E-state index in [9.17, 15) is 9.90 Å². The normalized spacial score (nSPS) is 10.2. The lowest BCUT2D eigenvalue weighted by atomic mass is 10.2. The SMILES string of the molecule is CCc1c(O)c(=O)ccn1C(CO)CO.Cl. The molecule has 0 fully saturated rings. The molecule has 0 aliphatic rings. The second kappa shape index (κ2) is 6.52. The Labute approximate surface area is 99.4 Å². The summed E-state index contributed by atoms with van der Waals surface area (Å²) < 4.78 is 1.52. The average Bonchev–Trinajstić information content (AvgIpc) is 2.25. The van der Waals surface area contributed by atoms with Gasteiger partial charge in [-0.05, 0) is 6.42 Å². The van der Waals surface area contributed by atoms with Crippen molar-refractivity contribution in [3.8, 4) is 5.75 Å². The Kier molecular flexibility index (Phi) is 6.10. The van der Waals surface area contributed by atoms with Crippen molar-refractivity contribution in [2.45, 2.75) is 19.4 Å². The minimum Gasteiger partial charge on any atom is -0.503 e. The highest BCUT2D eigenvalue weighted by Gasteiger charge is 2.14. The Bertz CT molecular complexity index is 387. The third-order valence-corrected chi connectivity index (χ3v) is 2.35. The second-order valence-corrected chi connectivity index (χ2v) is 3.26. The zero-order valence-corrected chi connectivity index (χ0v) is 9.78. The van der Waals surface area contributed by atoms with Crippen molar-refractivity contribution in [3.63, 3.8) is 0 Å². The summed E-state index contributed by atoms with van der Waals surface area (Å²) in [5.41, 5.74) is -0.0201. The molecule has 0 aromatic carbocycles. The number of aliphatic hydroxyl groups is 2. The molecule has 16 heavy (non-hydrogen) atoms. The van der Waals surface area contributed by atoms with Gasteiger partial charge >= 0.3 is 0 Å². The number of hydrogen-bond acceptors (Lipinski definition) is 4. The fourth-order valence-electron chi connectivity index (χ4n) is 1.51. The van der Waals surface area contributed by atoms with Gasteiger partial charge < -0.3 is 19.9 Å². The van der Waals surface area contributed by atoms with Crippen LogP contribution in [0.2, 0.25) is 0 Å². The second-order valence-electron chi connectivity index (χ2n) is 3.26. The summed E-state index contributed by atoms with van der Waals surface area (Å²) >= 11 is 0. The van der Waals surface area contributed by atoms with E-state index in [1.165, 1.54) is 16.8 Å². The lowest BCUT2D eigenvalue weighted by Crippen LogP contribution is -2.22. The number of rotatable bonds is 4. The van der Waals surface area contributed by atoms with E-state index in [2.05, 4.69) is 0 Å². The number of hydrogen-bond donors (Lipinski definition) is 3. The fraction of sp³-hybridized carbons (Fsp3) is 0.500. The predicted octanol–water partition coefficient (Wildman–Crippen LogP) is 0.0638. The Morgan fingerprint density at radius 2 is 1.94 bits per heavy atom. The smallest absolute Gasteiger partial charge is 0.223 e. The van der Waals surface area contributed by atoms with Crippen LogP contribution in [0.15, 0.2) is 17.1 Å². The monoisotopic (exact) mass is 249 g/mol. The van der Waals surface area contributed by atoms with Gasteiger partial charge in [0, 0.05) is 12.3 Å². The quantitative estimate of drug-likeness (QED) is 0.705. The molecular formula is C10H16ClNO4. The van der Waals surface area contributed by atoms with Crippen LogP contribution in [-0.4, -0.2) is 33.1 Å². The molecule has 1 heterocycles. The topological polar surface area (TPSA) is 82.7 Å². The molecule has 0 aliphatic heterocycles. The van der Waals surface area contributed by atoms with E-state index < -0.39 is 11.5 Å². The summed E-state index contributed by atoms with van der Waals surface area (Å²) in [6.45, 7) is 1.30. The Morgan fingerprint density at radius 1 is 1.38 bits per heavy atom. The molecule has 3 N–H and O–H groups in total.